The van der Waals surface area contributed by atoms with Gasteiger partial charge in [-0.15, -0.1) is 0 Å². The number of hydrogen-bond donors (Lipinski definition) is 2. The summed E-state index contributed by atoms with van der Waals surface area (Å²) in [6.07, 6.45) is 12.0. The molecule has 188 valence electrons. The Bertz CT molecular complexity index is 1150. The molecule has 4 heterocycles. The van der Waals surface area contributed by atoms with E-state index >= 15 is 0 Å². The molecule has 3 unspecified atom stereocenters. The Hall–Kier alpha value is -3.23. The number of fused-ring (bicyclic) bond motifs is 1. The highest BCUT2D eigenvalue weighted by Crippen LogP contribution is 2.23. The predicted molar refractivity (Wildman–Crippen MR) is 134 cm³/mol. The van der Waals surface area contributed by atoms with E-state index in [1.54, 1.807) is 21.5 Å². The lowest BCUT2D eigenvalue weighted by Gasteiger charge is -2.21. The molecule has 0 spiro atoms. The fourth-order valence-corrected chi connectivity index (χ4v) is 4.71. The molecule has 1 aliphatic rings. The summed E-state index contributed by atoms with van der Waals surface area (Å²) < 4.78 is 3.45. The molecule has 4 rings (SSSR count). The molecule has 0 radical (unpaired) electrons. The molecule has 3 aromatic rings. The molecule has 1 aliphatic heterocycles. The first-order valence-electron chi connectivity index (χ1n) is 12.9. The Balaban J connectivity index is 1.53. The van der Waals surface area contributed by atoms with Gasteiger partial charge < -0.3 is 10.6 Å². The van der Waals surface area contributed by atoms with Crippen molar-refractivity contribution >= 4 is 17.5 Å². The van der Waals surface area contributed by atoms with Crippen molar-refractivity contribution in [3.63, 3.8) is 0 Å². The summed E-state index contributed by atoms with van der Waals surface area (Å²) >= 11 is 0. The Morgan fingerprint density at radius 1 is 1.29 bits per heavy atom. The average Bonchev–Trinajstić information content (AvgIpc) is 3.51. The largest absolute Gasteiger partial charge is 0.356 e. The minimum atomic E-state index is -0.221. The van der Waals surface area contributed by atoms with Gasteiger partial charge in [0.25, 0.3) is 5.91 Å². The SMILES string of the molecule is CCC(C)CCCC(NC(=O)c1ccnn1CC)c1cn2ncc(CC3CCCNC3=O)cc2n1. The summed E-state index contributed by atoms with van der Waals surface area (Å²) in [6.45, 7) is 7.83. The Morgan fingerprint density at radius 2 is 2.14 bits per heavy atom. The van der Waals surface area contributed by atoms with Crippen LogP contribution in [-0.2, 0) is 17.8 Å². The molecule has 35 heavy (non-hydrogen) atoms. The third-order valence-corrected chi connectivity index (χ3v) is 7.07. The second-order valence-corrected chi connectivity index (χ2v) is 9.67. The monoisotopic (exact) mass is 479 g/mol. The lowest BCUT2D eigenvalue weighted by Crippen LogP contribution is -2.37. The van der Waals surface area contributed by atoms with Gasteiger partial charge in [-0.05, 0) is 56.2 Å². The van der Waals surface area contributed by atoms with E-state index in [0.29, 0.717) is 24.6 Å². The van der Waals surface area contributed by atoms with Gasteiger partial charge in [0.2, 0.25) is 5.91 Å². The van der Waals surface area contributed by atoms with Crippen LogP contribution < -0.4 is 10.6 Å². The van der Waals surface area contributed by atoms with Crippen LogP contribution >= 0.6 is 0 Å². The number of imidazole rings is 1. The Labute approximate surface area is 206 Å². The van der Waals surface area contributed by atoms with Crippen molar-refractivity contribution in [1.82, 2.24) is 35.0 Å². The highest BCUT2D eigenvalue weighted by Gasteiger charge is 2.24. The first-order chi connectivity index (χ1) is 17.0. The molecule has 1 saturated heterocycles. The van der Waals surface area contributed by atoms with E-state index in [4.69, 9.17) is 4.98 Å². The highest BCUT2D eigenvalue weighted by atomic mass is 16.2. The molecule has 3 aromatic heterocycles. The molecule has 0 saturated carbocycles. The van der Waals surface area contributed by atoms with Gasteiger partial charge in [0.15, 0.2) is 5.65 Å². The van der Waals surface area contributed by atoms with Crippen molar-refractivity contribution in [2.24, 2.45) is 11.8 Å². The number of nitrogens with zero attached hydrogens (tertiary/aromatic N) is 5. The fraction of sp³-hybridized carbons (Fsp3) is 0.577. The van der Waals surface area contributed by atoms with E-state index in [1.165, 1.54) is 0 Å². The first kappa shape index (κ1) is 24.9. The molecule has 0 bridgehead atoms. The molecule has 3 atom stereocenters. The maximum atomic E-state index is 13.1. The summed E-state index contributed by atoms with van der Waals surface area (Å²) in [6, 6.07) is 3.53. The van der Waals surface area contributed by atoms with Gasteiger partial charge in [0, 0.05) is 25.2 Å². The van der Waals surface area contributed by atoms with Crippen LogP contribution in [0.1, 0.15) is 87.1 Å². The van der Waals surface area contributed by atoms with Crippen LogP contribution in [0.4, 0.5) is 0 Å². The summed E-state index contributed by atoms with van der Waals surface area (Å²) in [5.41, 5.74) is 3.08. The van der Waals surface area contributed by atoms with Crippen molar-refractivity contribution in [2.45, 2.75) is 78.3 Å². The Morgan fingerprint density at radius 3 is 2.91 bits per heavy atom. The number of amides is 2. The zero-order valence-electron chi connectivity index (χ0n) is 21.0. The van der Waals surface area contributed by atoms with Gasteiger partial charge in [-0.1, -0.05) is 33.1 Å². The maximum absolute atomic E-state index is 13.1. The van der Waals surface area contributed by atoms with E-state index in [2.05, 4.69) is 34.7 Å². The summed E-state index contributed by atoms with van der Waals surface area (Å²) in [7, 11) is 0. The van der Waals surface area contributed by atoms with Gasteiger partial charge in [0.1, 0.15) is 5.69 Å². The number of piperidine rings is 1. The number of aryl methyl sites for hydroxylation is 1. The average molecular weight is 480 g/mol. The number of carbonyl (C=O) groups excluding carboxylic acids is 2. The third-order valence-electron chi connectivity index (χ3n) is 7.07. The lowest BCUT2D eigenvalue weighted by molar-refractivity contribution is -0.126. The first-order valence-corrected chi connectivity index (χ1v) is 12.9. The van der Waals surface area contributed by atoms with Crippen molar-refractivity contribution < 1.29 is 9.59 Å². The van der Waals surface area contributed by atoms with E-state index in [-0.39, 0.29) is 23.8 Å². The summed E-state index contributed by atoms with van der Waals surface area (Å²) in [4.78, 5) is 30.1. The van der Waals surface area contributed by atoms with Gasteiger partial charge in [0.05, 0.1) is 24.1 Å². The molecule has 0 aromatic carbocycles. The minimum Gasteiger partial charge on any atom is -0.356 e. The van der Waals surface area contributed by atoms with Gasteiger partial charge in [-0.3, -0.25) is 14.3 Å². The summed E-state index contributed by atoms with van der Waals surface area (Å²) in [5.74, 6) is 0.607. The van der Waals surface area contributed by atoms with Crippen molar-refractivity contribution in [2.75, 3.05) is 6.54 Å². The molecule has 9 heteroatoms. The van der Waals surface area contributed by atoms with Crippen molar-refractivity contribution in [3.05, 3.63) is 47.7 Å². The predicted octanol–water partition coefficient (Wildman–Crippen LogP) is 3.70. The van der Waals surface area contributed by atoms with E-state index in [1.807, 2.05) is 25.4 Å². The number of rotatable bonds is 11. The molecule has 2 N–H and O–H groups in total. The second kappa shape index (κ2) is 11.5. The number of nitrogens with one attached hydrogen (secondary N) is 2. The van der Waals surface area contributed by atoms with E-state index in [9.17, 15) is 9.59 Å². The topological polar surface area (TPSA) is 106 Å². The molecule has 2 amide bonds. The van der Waals surface area contributed by atoms with Crippen molar-refractivity contribution in [3.8, 4) is 0 Å². The molecular weight excluding hydrogens is 442 g/mol. The van der Waals surface area contributed by atoms with Crippen LogP contribution in [0.25, 0.3) is 5.65 Å². The van der Waals surface area contributed by atoms with E-state index in [0.717, 1.165) is 62.0 Å². The number of aromatic nitrogens is 5. The standard InChI is InChI=1S/C26H37N7O2/c1-4-18(3)8-6-10-21(31-26(35)23-11-13-28-32(23)5-2)22-17-33-24(30-22)15-19(16-29-33)14-20-9-7-12-27-25(20)34/h11,13,15-18,20-21H,4-10,12,14H2,1-3H3,(H,27,34)(H,31,35). The molecule has 0 aliphatic carbocycles. The minimum absolute atomic E-state index is 0.0153. The zero-order valence-corrected chi connectivity index (χ0v) is 21.0. The number of hydrogen-bond acceptors (Lipinski definition) is 5. The van der Waals surface area contributed by atoms with Gasteiger partial charge in [-0.25, -0.2) is 9.50 Å². The van der Waals surface area contributed by atoms with Gasteiger partial charge in [-0.2, -0.15) is 10.2 Å². The number of carbonyl (C=O) groups is 2. The van der Waals surface area contributed by atoms with Crippen LogP contribution in [0.3, 0.4) is 0 Å². The van der Waals surface area contributed by atoms with Crippen LogP contribution in [0.2, 0.25) is 0 Å². The molecule has 9 nitrogen and oxygen atoms in total. The summed E-state index contributed by atoms with van der Waals surface area (Å²) in [5, 5.41) is 14.9. The van der Waals surface area contributed by atoms with Crippen molar-refractivity contribution in [1.29, 1.82) is 0 Å². The van der Waals surface area contributed by atoms with Gasteiger partial charge >= 0.3 is 0 Å². The maximum Gasteiger partial charge on any atom is 0.270 e. The van der Waals surface area contributed by atoms with Crippen LogP contribution in [0, 0.1) is 11.8 Å². The smallest absolute Gasteiger partial charge is 0.270 e. The third kappa shape index (κ3) is 6.07. The highest BCUT2D eigenvalue weighted by molar-refractivity contribution is 5.92. The van der Waals surface area contributed by atoms with Crippen LogP contribution in [-0.4, -0.2) is 42.7 Å². The second-order valence-electron chi connectivity index (χ2n) is 9.67. The van der Waals surface area contributed by atoms with Crippen LogP contribution in [0.5, 0.6) is 0 Å². The van der Waals surface area contributed by atoms with Crippen LogP contribution in [0.15, 0.2) is 30.7 Å². The fourth-order valence-electron chi connectivity index (χ4n) is 4.71. The lowest BCUT2D eigenvalue weighted by atomic mass is 9.92. The zero-order chi connectivity index (χ0) is 24.8. The van der Waals surface area contributed by atoms with E-state index < -0.39 is 0 Å². The molecule has 1 fully saturated rings. The molecular formula is C26H37N7O2. The Kier molecular flexibility index (Phi) is 8.15. The normalized spacial score (nSPS) is 17.8. The quantitative estimate of drug-likeness (QED) is 0.436.